The van der Waals surface area contributed by atoms with Gasteiger partial charge in [0.05, 0.1) is 5.60 Å². The summed E-state index contributed by atoms with van der Waals surface area (Å²) in [7, 11) is 0. The third-order valence-electron chi connectivity index (χ3n) is 5.28. The third kappa shape index (κ3) is 3.13. The average molecular weight is 268 g/mol. The summed E-state index contributed by atoms with van der Waals surface area (Å²) in [6.07, 6.45) is 7.13. The lowest BCUT2D eigenvalue weighted by atomic mass is 9.83. The molecule has 0 amide bonds. The van der Waals surface area contributed by atoms with Gasteiger partial charge in [0.1, 0.15) is 0 Å². The molecule has 0 bridgehead atoms. The van der Waals surface area contributed by atoms with Crippen LogP contribution in [0.25, 0.3) is 0 Å². The fraction of sp³-hybridized carbons (Fsp3) is 1.00. The van der Waals surface area contributed by atoms with E-state index in [0.29, 0.717) is 0 Å². The van der Waals surface area contributed by atoms with Crippen LogP contribution in [0.15, 0.2) is 0 Å². The zero-order chi connectivity index (χ0) is 13.1. The first-order chi connectivity index (χ1) is 9.31. The number of rotatable bonds is 3. The van der Waals surface area contributed by atoms with Crippen molar-refractivity contribution in [3.8, 4) is 0 Å². The lowest BCUT2D eigenvalue weighted by Crippen LogP contribution is -2.50. The van der Waals surface area contributed by atoms with Crippen LogP contribution in [0.2, 0.25) is 0 Å². The first-order valence-electron chi connectivity index (χ1n) is 7.97. The van der Waals surface area contributed by atoms with Crippen LogP contribution >= 0.6 is 0 Å². The Morgan fingerprint density at radius 1 is 1.16 bits per heavy atom. The smallest absolute Gasteiger partial charge is 0.0741 e. The van der Waals surface area contributed by atoms with Crippen molar-refractivity contribution in [2.24, 2.45) is 11.7 Å². The molecule has 2 unspecified atom stereocenters. The van der Waals surface area contributed by atoms with Crippen LogP contribution in [-0.4, -0.2) is 56.0 Å². The minimum Gasteiger partial charge on any atom is -0.381 e. The zero-order valence-electron chi connectivity index (χ0n) is 12.0. The first kappa shape index (κ1) is 13.8. The summed E-state index contributed by atoms with van der Waals surface area (Å²) in [4.78, 5) is 2.71. The largest absolute Gasteiger partial charge is 0.381 e. The normalized spacial score (nSPS) is 35.8. The highest BCUT2D eigenvalue weighted by Crippen LogP contribution is 2.37. The molecule has 0 aromatic carbocycles. The summed E-state index contributed by atoms with van der Waals surface area (Å²) in [5.74, 6) is 0.832. The molecule has 0 aromatic rings. The third-order valence-corrected chi connectivity index (χ3v) is 5.28. The van der Waals surface area contributed by atoms with Gasteiger partial charge in [-0.1, -0.05) is 0 Å². The molecule has 3 saturated heterocycles. The Kier molecular flexibility index (Phi) is 4.42. The molecule has 4 heteroatoms. The van der Waals surface area contributed by atoms with E-state index in [1.807, 2.05) is 0 Å². The van der Waals surface area contributed by atoms with Gasteiger partial charge in [-0.3, -0.25) is 4.90 Å². The average Bonchev–Trinajstić information content (AvgIpc) is 2.89. The first-order valence-corrected chi connectivity index (χ1v) is 7.97. The van der Waals surface area contributed by atoms with Gasteiger partial charge in [0.2, 0.25) is 0 Å². The van der Waals surface area contributed by atoms with E-state index < -0.39 is 0 Å². The highest BCUT2D eigenvalue weighted by molar-refractivity contribution is 4.94. The molecule has 1 spiro atoms. The fourth-order valence-corrected chi connectivity index (χ4v) is 4.07. The summed E-state index contributed by atoms with van der Waals surface area (Å²) in [6, 6.07) is 0.731. The molecule has 3 aliphatic heterocycles. The molecule has 0 radical (unpaired) electrons. The van der Waals surface area contributed by atoms with Crippen LogP contribution in [0.1, 0.15) is 38.5 Å². The second kappa shape index (κ2) is 6.08. The molecule has 2 atom stereocenters. The molecule has 110 valence electrons. The Morgan fingerprint density at radius 3 is 2.79 bits per heavy atom. The van der Waals surface area contributed by atoms with Crippen molar-refractivity contribution in [3.05, 3.63) is 0 Å². The van der Waals surface area contributed by atoms with Gasteiger partial charge in [0.25, 0.3) is 0 Å². The van der Waals surface area contributed by atoms with Crippen LogP contribution in [0, 0.1) is 5.92 Å². The molecular weight excluding hydrogens is 240 g/mol. The van der Waals surface area contributed by atoms with Crippen molar-refractivity contribution in [1.29, 1.82) is 0 Å². The molecule has 3 rings (SSSR count). The zero-order valence-corrected chi connectivity index (χ0v) is 12.0. The highest BCUT2D eigenvalue weighted by Gasteiger charge is 2.41. The Bertz CT molecular complexity index is 286. The lowest BCUT2D eigenvalue weighted by molar-refractivity contribution is -0.150. The van der Waals surface area contributed by atoms with Crippen LogP contribution in [-0.2, 0) is 9.47 Å². The predicted molar refractivity (Wildman–Crippen MR) is 75.1 cm³/mol. The van der Waals surface area contributed by atoms with Gasteiger partial charge in [0, 0.05) is 32.4 Å². The highest BCUT2D eigenvalue weighted by atomic mass is 16.5. The Hall–Kier alpha value is -0.160. The minimum atomic E-state index is 0.132. The number of nitrogens with two attached hydrogens (primary N) is 1. The lowest BCUT2D eigenvalue weighted by Gasteiger charge is -2.45. The van der Waals surface area contributed by atoms with Crippen molar-refractivity contribution >= 4 is 0 Å². The van der Waals surface area contributed by atoms with Crippen molar-refractivity contribution in [3.63, 3.8) is 0 Å². The van der Waals surface area contributed by atoms with Gasteiger partial charge < -0.3 is 15.2 Å². The van der Waals surface area contributed by atoms with Crippen LogP contribution in [0.5, 0.6) is 0 Å². The van der Waals surface area contributed by atoms with E-state index in [0.717, 1.165) is 51.2 Å². The van der Waals surface area contributed by atoms with Gasteiger partial charge in [-0.05, 0) is 57.5 Å². The summed E-state index contributed by atoms with van der Waals surface area (Å²) < 4.78 is 11.6. The molecular formula is C15H28N2O2. The van der Waals surface area contributed by atoms with E-state index >= 15 is 0 Å². The van der Waals surface area contributed by atoms with Crippen molar-refractivity contribution in [1.82, 2.24) is 4.90 Å². The van der Waals surface area contributed by atoms with Crippen LogP contribution in [0.4, 0.5) is 0 Å². The summed E-state index contributed by atoms with van der Waals surface area (Å²) in [5, 5.41) is 0. The molecule has 0 saturated carbocycles. The molecule has 3 heterocycles. The minimum absolute atomic E-state index is 0.132. The van der Waals surface area contributed by atoms with Gasteiger partial charge in [-0.15, -0.1) is 0 Å². The topological polar surface area (TPSA) is 47.7 Å². The number of hydrogen-bond donors (Lipinski definition) is 1. The number of nitrogens with zero attached hydrogens (tertiary/aromatic N) is 1. The summed E-state index contributed by atoms with van der Waals surface area (Å²) >= 11 is 0. The maximum Gasteiger partial charge on any atom is 0.0741 e. The van der Waals surface area contributed by atoms with E-state index in [2.05, 4.69) is 4.90 Å². The summed E-state index contributed by atoms with van der Waals surface area (Å²) in [5.41, 5.74) is 5.82. The SMILES string of the molecule is NCCC1CCN(C2CCOC3(CCOCC3)C2)C1. The monoisotopic (exact) mass is 268 g/mol. The number of likely N-dealkylation sites (tertiary alicyclic amines) is 1. The van der Waals surface area contributed by atoms with E-state index in [9.17, 15) is 0 Å². The summed E-state index contributed by atoms with van der Waals surface area (Å²) in [6.45, 7) is 6.05. The molecule has 2 N–H and O–H groups in total. The van der Waals surface area contributed by atoms with Gasteiger partial charge >= 0.3 is 0 Å². The molecule has 3 fully saturated rings. The van der Waals surface area contributed by atoms with E-state index in [4.69, 9.17) is 15.2 Å². The van der Waals surface area contributed by atoms with Crippen molar-refractivity contribution in [2.45, 2.75) is 50.2 Å². The number of ether oxygens (including phenoxy) is 2. The Morgan fingerprint density at radius 2 is 2.00 bits per heavy atom. The molecule has 4 nitrogen and oxygen atoms in total. The number of hydrogen-bond acceptors (Lipinski definition) is 4. The maximum absolute atomic E-state index is 6.14. The fourth-order valence-electron chi connectivity index (χ4n) is 4.07. The van der Waals surface area contributed by atoms with E-state index in [1.165, 1.54) is 38.8 Å². The van der Waals surface area contributed by atoms with Crippen LogP contribution < -0.4 is 5.73 Å². The van der Waals surface area contributed by atoms with Crippen molar-refractivity contribution < 1.29 is 9.47 Å². The molecule has 0 aromatic heterocycles. The van der Waals surface area contributed by atoms with Gasteiger partial charge in [-0.2, -0.15) is 0 Å². The molecule has 19 heavy (non-hydrogen) atoms. The maximum atomic E-state index is 6.14. The second-order valence-corrected chi connectivity index (χ2v) is 6.52. The molecule has 0 aliphatic carbocycles. The Labute approximate surface area is 116 Å². The predicted octanol–water partition coefficient (Wildman–Crippen LogP) is 1.39. The van der Waals surface area contributed by atoms with Crippen LogP contribution in [0.3, 0.4) is 0 Å². The molecule has 3 aliphatic rings. The van der Waals surface area contributed by atoms with Gasteiger partial charge in [0.15, 0.2) is 0 Å². The quantitative estimate of drug-likeness (QED) is 0.840. The van der Waals surface area contributed by atoms with E-state index in [1.54, 1.807) is 0 Å². The van der Waals surface area contributed by atoms with Crippen molar-refractivity contribution in [2.75, 3.05) is 39.5 Å². The van der Waals surface area contributed by atoms with Gasteiger partial charge in [-0.25, -0.2) is 0 Å². The Balaban J connectivity index is 1.56. The standard InChI is InChI=1S/C15H28N2O2/c16-6-1-13-2-7-17(12-13)14-3-8-19-15(11-14)4-9-18-10-5-15/h13-14H,1-12,16H2. The van der Waals surface area contributed by atoms with E-state index in [-0.39, 0.29) is 5.60 Å². The second-order valence-electron chi connectivity index (χ2n) is 6.52.